The summed E-state index contributed by atoms with van der Waals surface area (Å²) in [6, 6.07) is 7.83. The molecule has 1 unspecified atom stereocenters. The normalized spacial score (nSPS) is 17.6. The fraction of sp³-hybridized carbons (Fsp3) is 0.588. The molecule has 4 nitrogen and oxygen atoms in total. The Morgan fingerprint density at radius 1 is 1.38 bits per heavy atom. The van der Waals surface area contributed by atoms with Crippen LogP contribution in [0.3, 0.4) is 0 Å². The van der Waals surface area contributed by atoms with Crippen molar-refractivity contribution in [1.82, 2.24) is 4.90 Å². The maximum Gasteiger partial charge on any atom is 0.222 e. The quantitative estimate of drug-likeness (QED) is 0.905. The summed E-state index contributed by atoms with van der Waals surface area (Å²) >= 11 is 0. The van der Waals surface area contributed by atoms with Crippen molar-refractivity contribution < 1.29 is 14.6 Å². The van der Waals surface area contributed by atoms with Crippen LogP contribution in [0.25, 0.3) is 0 Å². The average Bonchev–Trinajstić information content (AvgIpc) is 2.52. The van der Waals surface area contributed by atoms with Gasteiger partial charge in [-0.15, -0.1) is 0 Å². The number of nitrogens with zero attached hydrogens (tertiary/aromatic N) is 1. The first-order valence-corrected chi connectivity index (χ1v) is 7.69. The molecule has 1 aliphatic rings. The summed E-state index contributed by atoms with van der Waals surface area (Å²) in [7, 11) is 1.65. The van der Waals surface area contributed by atoms with Crippen LogP contribution < -0.4 is 4.74 Å². The Morgan fingerprint density at radius 2 is 2.05 bits per heavy atom. The molecule has 1 aliphatic heterocycles. The summed E-state index contributed by atoms with van der Waals surface area (Å²) < 4.78 is 5.31. The summed E-state index contributed by atoms with van der Waals surface area (Å²) in [5.74, 6) is 1.38. The first kappa shape index (κ1) is 15.8. The van der Waals surface area contributed by atoms with Crippen molar-refractivity contribution in [2.45, 2.75) is 38.7 Å². The van der Waals surface area contributed by atoms with E-state index in [1.165, 1.54) is 0 Å². The van der Waals surface area contributed by atoms with Crippen molar-refractivity contribution >= 4 is 5.91 Å². The van der Waals surface area contributed by atoms with Crippen LogP contribution in [0.2, 0.25) is 0 Å². The molecule has 1 fully saturated rings. The van der Waals surface area contributed by atoms with Crippen LogP contribution in [0.5, 0.6) is 5.75 Å². The molecular weight excluding hydrogens is 266 g/mol. The molecule has 116 valence electrons. The van der Waals surface area contributed by atoms with E-state index >= 15 is 0 Å². The number of aryl methyl sites for hydroxylation is 1. The molecule has 4 heteroatoms. The van der Waals surface area contributed by atoms with Gasteiger partial charge in [-0.1, -0.05) is 18.2 Å². The number of carbonyl (C=O) groups excluding carboxylic acids is 1. The number of aliphatic hydroxyl groups is 1. The maximum absolute atomic E-state index is 12.3. The van der Waals surface area contributed by atoms with Gasteiger partial charge in [0.2, 0.25) is 5.91 Å². The predicted octanol–water partition coefficient (Wildman–Crippen LogP) is 2.25. The zero-order chi connectivity index (χ0) is 15.2. The van der Waals surface area contributed by atoms with E-state index in [0.717, 1.165) is 37.2 Å². The minimum atomic E-state index is -0.268. The lowest BCUT2D eigenvalue weighted by Gasteiger charge is -2.33. The van der Waals surface area contributed by atoms with E-state index in [1.54, 1.807) is 7.11 Å². The fourth-order valence-electron chi connectivity index (χ4n) is 2.94. The molecule has 0 saturated carbocycles. The SMILES string of the molecule is COc1ccccc1CCC(=O)N1CCC(C(C)O)CC1. The Hall–Kier alpha value is -1.55. The Labute approximate surface area is 126 Å². The molecular formula is C17H25NO3. The Kier molecular flexibility index (Phi) is 5.62. The van der Waals surface area contributed by atoms with Gasteiger partial charge in [0.05, 0.1) is 13.2 Å². The number of hydrogen-bond acceptors (Lipinski definition) is 3. The fourth-order valence-corrected chi connectivity index (χ4v) is 2.94. The van der Waals surface area contributed by atoms with Crippen LogP contribution >= 0.6 is 0 Å². The molecule has 2 rings (SSSR count). The minimum Gasteiger partial charge on any atom is -0.496 e. The first-order chi connectivity index (χ1) is 10.1. The van der Waals surface area contributed by atoms with E-state index in [1.807, 2.05) is 36.1 Å². The molecule has 1 aromatic rings. The zero-order valence-corrected chi connectivity index (χ0v) is 12.9. The van der Waals surface area contributed by atoms with E-state index in [0.29, 0.717) is 18.8 Å². The molecule has 0 bridgehead atoms. The number of aliphatic hydroxyl groups excluding tert-OH is 1. The predicted molar refractivity (Wildman–Crippen MR) is 82.3 cm³/mol. The summed E-state index contributed by atoms with van der Waals surface area (Å²) in [5, 5.41) is 9.59. The molecule has 0 aromatic heterocycles. The average molecular weight is 291 g/mol. The maximum atomic E-state index is 12.3. The number of methoxy groups -OCH3 is 1. The monoisotopic (exact) mass is 291 g/mol. The van der Waals surface area contributed by atoms with Gasteiger partial charge < -0.3 is 14.7 Å². The third-order valence-electron chi connectivity index (χ3n) is 4.38. The summed E-state index contributed by atoms with van der Waals surface area (Å²) in [6.07, 6.45) is 2.76. The van der Waals surface area contributed by atoms with E-state index in [-0.39, 0.29) is 12.0 Å². The van der Waals surface area contributed by atoms with Crippen LogP contribution in [0.1, 0.15) is 31.7 Å². The van der Waals surface area contributed by atoms with Gasteiger partial charge in [0.15, 0.2) is 0 Å². The smallest absolute Gasteiger partial charge is 0.222 e. The van der Waals surface area contributed by atoms with Crippen LogP contribution in [0.15, 0.2) is 24.3 Å². The molecule has 1 saturated heterocycles. The van der Waals surface area contributed by atoms with E-state index in [4.69, 9.17) is 4.74 Å². The van der Waals surface area contributed by atoms with Gasteiger partial charge >= 0.3 is 0 Å². The largest absolute Gasteiger partial charge is 0.496 e. The Bertz CT molecular complexity index is 465. The number of hydrogen-bond donors (Lipinski definition) is 1. The number of amides is 1. The van der Waals surface area contributed by atoms with E-state index < -0.39 is 0 Å². The van der Waals surface area contributed by atoms with Gasteiger partial charge in [0.25, 0.3) is 0 Å². The minimum absolute atomic E-state index is 0.199. The highest BCUT2D eigenvalue weighted by molar-refractivity contribution is 5.76. The van der Waals surface area contributed by atoms with Gasteiger partial charge in [-0.2, -0.15) is 0 Å². The number of carbonyl (C=O) groups is 1. The van der Waals surface area contributed by atoms with Gasteiger partial charge in [-0.25, -0.2) is 0 Å². The summed E-state index contributed by atoms with van der Waals surface area (Å²) in [5.41, 5.74) is 1.08. The van der Waals surface area contributed by atoms with Gasteiger partial charge in [-0.3, -0.25) is 4.79 Å². The van der Waals surface area contributed by atoms with Crippen LogP contribution in [-0.2, 0) is 11.2 Å². The lowest BCUT2D eigenvalue weighted by atomic mass is 9.92. The van der Waals surface area contributed by atoms with Gasteiger partial charge in [0, 0.05) is 19.5 Å². The van der Waals surface area contributed by atoms with Crippen LogP contribution in [-0.4, -0.2) is 42.2 Å². The second-order valence-corrected chi connectivity index (χ2v) is 5.77. The second kappa shape index (κ2) is 7.46. The molecule has 21 heavy (non-hydrogen) atoms. The number of ether oxygens (including phenoxy) is 1. The highest BCUT2D eigenvalue weighted by Crippen LogP contribution is 2.22. The lowest BCUT2D eigenvalue weighted by Crippen LogP contribution is -2.40. The highest BCUT2D eigenvalue weighted by atomic mass is 16.5. The second-order valence-electron chi connectivity index (χ2n) is 5.77. The number of piperidine rings is 1. The topological polar surface area (TPSA) is 49.8 Å². The third-order valence-corrected chi connectivity index (χ3v) is 4.38. The summed E-state index contributed by atoms with van der Waals surface area (Å²) in [4.78, 5) is 14.2. The molecule has 0 aliphatic carbocycles. The molecule has 1 atom stereocenters. The molecule has 0 radical (unpaired) electrons. The Morgan fingerprint density at radius 3 is 2.67 bits per heavy atom. The molecule has 1 amide bonds. The van der Waals surface area contributed by atoms with Crippen molar-refractivity contribution in [1.29, 1.82) is 0 Å². The van der Waals surface area contributed by atoms with Crippen LogP contribution in [0, 0.1) is 5.92 Å². The van der Waals surface area contributed by atoms with E-state index in [2.05, 4.69) is 0 Å². The number of rotatable bonds is 5. The van der Waals surface area contributed by atoms with Gasteiger partial charge in [0.1, 0.15) is 5.75 Å². The molecule has 0 spiro atoms. The number of para-hydroxylation sites is 1. The van der Waals surface area contributed by atoms with Crippen molar-refractivity contribution in [3.8, 4) is 5.75 Å². The molecule has 1 aromatic carbocycles. The summed E-state index contributed by atoms with van der Waals surface area (Å²) in [6.45, 7) is 3.37. The van der Waals surface area contributed by atoms with Crippen LogP contribution in [0.4, 0.5) is 0 Å². The van der Waals surface area contributed by atoms with Crippen molar-refractivity contribution in [2.24, 2.45) is 5.92 Å². The standard InChI is InChI=1S/C17H25NO3/c1-13(19)14-9-11-18(12-10-14)17(20)8-7-15-5-3-4-6-16(15)21-2/h3-6,13-14,19H,7-12H2,1-2H3. The zero-order valence-electron chi connectivity index (χ0n) is 12.9. The number of benzene rings is 1. The van der Waals surface area contributed by atoms with Crippen molar-refractivity contribution in [2.75, 3.05) is 20.2 Å². The lowest BCUT2D eigenvalue weighted by molar-refractivity contribution is -0.133. The van der Waals surface area contributed by atoms with Gasteiger partial charge in [-0.05, 0) is 43.7 Å². The molecule has 1 heterocycles. The van der Waals surface area contributed by atoms with Crippen molar-refractivity contribution in [3.63, 3.8) is 0 Å². The van der Waals surface area contributed by atoms with Crippen molar-refractivity contribution in [3.05, 3.63) is 29.8 Å². The molecule has 1 N–H and O–H groups in total. The first-order valence-electron chi connectivity index (χ1n) is 7.69. The highest BCUT2D eigenvalue weighted by Gasteiger charge is 2.25. The number of likely N-dealkylation sites (tertiary alicyclic amines) is 1. The van der Waals surface area contributed by atoms with E-state index in [9.17, 15) is 9.90 Å². The third kappa shape index (κ3) is 4.21. The Balaban J connectivity index is 1.83.